The molecule has 1 heterocycles. The van der Waals surface area contributed by atoms with Crippen LogP contribution in [0, 0.1) is 11.3 Å². The average Bonchev–Trinajstić information content (AvgIpc) is 2.92. The van der Waals surface area contributed by atoms with Gasteiger partial charge < -0.3 is 10.1 Å². The largest absolute Gasteiger partial charge is 0.444 e. The van der Waals surface area contributed by atoms with Crippen LogP contribution in [0.5, 0.6) is 0 Å². The summed E-state index contributed by atoms with van der Waals surface area (Å²) in [7, 11) is 0. The number of carbonyl (C=O) groups is 3. The van der Waals surface area contributed by atoms with Gasteiger partial charge >= 0.3 is 6.09 Å². The van der Waals surface area contributed by atoms with Crippen LogP contribution in [0.1, 0.15) is 52.6 Å². The number of benzene rings is 2. The van der Waals surface area contributed by atoms with Gasteiger partial charge in [-0.3, -0.25) is 14.5 Å². The smallest absolute Gasteiger partial charge is 0.407 e. The lowest BCUT2D eigenvalue weighted by Gasteiger charge is -2.26. The number of rotatable bonds is 5. The molecule has 0 aliphatic carbocycles. The van der Waals surface area contributed by atoms with E-state index in [2.05, 4.69) is 11.4 Å². The fourth-order valence-corrected chi connectivity index (χ4v) is 3.26. The summed E-state index contributed by atoms with van der Waals surface area (Å²) < 4.78 is 5.34. The Morgan fingerprint density at radius 1 is 1.07 bits per heavy atom. The van der Waals surface area contributed by atoms with Gasteiger partial charge in [-0.05, 0) is 57.0 Å². The Balaban J connectivity index is 1.80. The van der Waals surface area contributed by atoms with E-state index in [9.17, 15) is 14.4 Å². The first-order valence-corrected chi connectivity index (χ1v) is 9.62. The quantitative estimate of drug-likeness (QED) is 0.770. The molecule has 0 saturated heterocycles. The van der Waals surface area contributed by atoms with Crippen LogP contribution in [0.2, 0.25) is 0 Å². The Bertz CT molecular complexity index is 981. The van der Waals surface area contributed by atoms with Gasteiger partial charge in [0.15, 0.2) is 0 Å². The number of ether oxygens (including phenoxy) is 1. The highest BCUT2D eigenvalue weighted by Gasteiger charge is 2.36. The standard InChI is InChI=1S/C23H23N3O4/c1-23(2,3)30-22(29)25-17(12-15-8-10-16(13-24)11-9-15)14-26-20(27)18-6-4-5-7-19(18)21(26)28/h4-11,17H,12,14H2,1-3H3,(H,25,29)/t17-/m1/s1. The Labute approximate surface area is 175 Å². The summed E-state index contributed by atoms with van der Waals surface area (Å²) in [6.07, 6.45) is -0.268. The molecular weight excluding hydrogens is 382 g/mol. The molecule has 3 rings (SSSR count). The van der Waals surface area contributed by atoms with Crippen molar-refractivity contribution < 1.29 is 19.1 Å². The maximum absolute atomic E-state index is 12.7. The maximum atomic E-state index is 12.7. The van der Waals surface area contributed by atoms with Crippen LogP contribution in [0.15, 0.2) is 48.5 Å². The molecule has 7 nitrogen and oxygen atoms in total. The third kappa shape index (κ3) is 4.84. The van der Waals surface area contributed by atoms with Gasteiger partial charge in [0.1, 0.15) is 5.60 Å². The van der Waals surface area contributed by atoms with Gasteiger partial charge in [0, 0.05) is 0 Å². The zero-order valence-electron chi connectivity index (χ0n) is 17.1. The monoisotopic (exact) mass is 405 g/mol. The van der Waals surface area contributed by atoms with Crippen molar-refractivity contribution in [3.63, 3.8) is 0 Å². The second-order valence-corrected chi connectivity index (χ2v) is 8.12. The molecule has 154 valence electrons. The molecule has 0 unspecified atom stereocenters. The van der Waals surface area contributed by atoms with E-state index >= 15 is 0 Å². The van der Waals surface area contributed by atoms with Crippen LogP contribution in [-0.4, -0.2) is 41.0 Å². The summed E-state index contributed by atoms with van der Waals surface area (Å²) >= 11 is 0. The summed E-state index contributed by atoms with van der Waals surface area (Å²) in [4.78, 5) is 38.9. The van der Waals surface area contributed by atoms with E-state index in [0.29, 0.717) is 23.1 Å². The topological polar surface area (TPSA) is 99.5 Å². The second kappa shape index (κ2) is 8.37. The molecule has 0 radical (unpaired) electrons. The number of fused-ring (bicyclic) bond motifs is 1. The molecule has 2 aromatic carbocycles. The minimum atomic E-state index is -0.682. The fourth-order valence-electron chi connectivity index (χ4n) is 3.26. The lowest BCUT2D eigenvalue weighted by Crippen LogP contribution is -2.48. The lowest BCUT2D eigenvalue weighted by molar-refractivity contribution is 0.0468. The Kier molecular flexibility index (Phi) is 5.88. The third-order valence-corrected chi connectivity index (χ3v) is 4.57. The van der Waals surface area contributed by atoms with Crippen molar-refractivity contribution in [1.29, 1.82) is 5.26 Å². The summed E-state index contributed by atoms with van der Waals surface area (Å²) in [6.45, 7) is 5.27. The number of nitrogens with zero attached hydrogens (tertiary/aromatic N) is 2. The SMILES string of the molecule is CC(C)(C)OC(=O)N[C@H](Cc1ccc(C#N)cc1)CN1C(=O)c2ccccc2C1=O. The predicted octanol–water partition coefficient (Wildman–Crippen LogP) is 3.29. The first kappa shape index (κ1) is 21.1. The normalized spacial score (nSPS) is 14.1. The van der Waals surface area contributed by atoms with Crippen LogP contribution < -0.4 is 5.32 Å². The molecular formula is C23H23N3O4. The van der Waals surface area contributed by atoms with E-state index in [-0.39, 0.29) is 18.4 Å². The minimum absolute atomic E-state index is 0.00555. The second-order valence-electron chi connectivity index (χ2n) is 8.12. The van der Waals surface area contributed by atoms with Crippen LogP contribution >= 0.6 is 0 Å². The molecule has 0 fully saturated rings. The Morgan fingerprint density at radius 3 is 2.13 bits per heavy atom. The van der Waals surface area contributed by atoms with Crippen LogP contribution in [0.25, 0.3) is 0 Å². The Hall–Kier alpha value is -3.66. The van der Waals surface area contributed by atoms with Crippen LogP contribution in [-0.2, 0) is 11.2 Å². The van der Waals surface area contributed by atoms with E-state index in [0.717, 1.165) is 10.5 Å². The minimum Gasteiger partial charge on any atom is -0.444 e. The van der Waals surface area contributed by atoms with Gasteiger partial charge in [0.2, 0.25) is 0 Å². The molecule has 0 saturated carbocycles. The van der Waals surface area contributed by atoms with Crippen LogP contribution in [0.4, 0.5) is 4.79 Å². The first-order chi connectivity index (χ1) is 14.2. The summed E-state index contributed by atoms with van der Waals surface area (Å²) in [5, 5.41) is 11.7. The lowest BCUT2D eigenvalue weighted by atomic mass is 10.0. The van der Waals surface area contributed by atoms with Gasteiger partial charge in [-0.25, -0.2) is 4.79 Å². The number of hydrogen-bond acceptors (Lipinski definition) is 5. The van der Waals surface area contributed by atoms with Gasteiger partial charge in [0.25, 0.3) is 11.8 Å². The van der Waals surface area contributed by atoms with Crippen molar-refractivity contribution >= 4 is 17.9 Å². The van der Waals surface area contributed by atoms with Crippen molar-refractivity contribution in [3.8, 4) is 6.07 Å². The predicted molar refractivity (Wildman–Crippen MR) is 110 cm³/mol. The van der Waals surface area contributed by atoms with Crippen molar-refractivity contribution in [1.82, 2.24) is 10.2 Å². The molecule has 3 amide bonds. The summed E-state index contributed by atoms with van der Waals surface area (Å²) in [5.41, 5.74) is 1.41. The summed E-state index contributed by atoms with van der Waals surface area (Å²) in [5.74, 6) is -0.766. The maximum Gasteiger partial charge on any atom is 0.407 e. The number of nitriles is 1. The number of alkyl carbamates (subject to hydrolysis) is 1. The van der Waals surface area contributed by atoms with Crippen molar-refractivity contribution in [2.24, 2.45) is 0 Å². The highest BCUT2D eigenvalue weighted by Crippen LogP contribution is 2.23. The molecule has 1 atom stereocenters. The molecule has 7 heteroatoms. The zero-order chi connectivity index (χ0) is 21.9. The highest BCUT2D eigenvalue weighted by atomic mass is 16.6. The van der Waals surface area contributed by atoms with E-state index in [4.69, 9.17) is 10.00 Å². The van der Waals surface area contributed by atoms with Crippen LogP contribution in [0.3, 0.4) is 0 Å². The number of carbonyl (C=O) groups excluding carboxylic acids is 3. The number of nitrogens with one attached hydrogen (secondary N) is 1. The first-order valence-electron chi connectivity index (χ1n) is 9.62. The van der Waals surface area contributed by atoms with Gasteiger partial charge in [-0.1, -0.05) is 24.3 Å². The van der Waals surface area contributed by atoms with E-state index in [1.54, 1.807) is 69.3 Å². The van der Waals surface area contributed by atoms with E-state index in [1.165, 1.54) is 0 Å². The molecule has 1 N–H and O–H groups in total. The zero-order valence-corrected chi connectivity index (χ0v) is 17.1. The van der Waals surface area contributed by atoms with Crippen molar-refractivity contribution in [3.05, 3.63) is 70.8 Å². The van der Waals surface area contributed by atoms with Gasteiger partial charge in [-0.2, -0.15) is 5.26 Å². The molecule has 0 bridgehead atoms. The molecule has 0 spiro atoms. The van der Waals surface area contributed by atoms with Crippen molar-refractivity contribution in [2.75, 3.05) is 6.54 Å². The Morgan fingerprint density at radius 2 is 1.63 bits per heavy atom. The molecule has 30 heavy (non-hydrogen) atoms. The van der Waals surface area contributed by atoms with Gasteiger partial charge in [-0.15, -0.1) is 0 Å². The fraction of sp³-hybridized carbons (Fsp3) is 0.304. The average molecular weight is 405 g/mol. The number of amides is 3. The third-order valence-electron chi connectivity index (χ3n) is 4.57. The molecule has 0 aromatic heterocycles. The molecule has 1 aliphatic rings. The van der Waals surface area contributed by atoms with E-state index in [1.807, 2.05) is 0 Å². The van der Waals surface area contributed by atoms with Gasteiger partial charge in [0.05, 0.1) is 35.3 Å². The van der Waals surface area contributed by atoms with E-state index < -0.39 is 17.7 Å². The highest BCUT2D eigenvalue weighted by molar-refractivity contribution is 6.21. The molecule has 1 aliphatic heterocycles. The molecule has 2 aromatic rings. The summed E-state index contributed by atoms with van der Waals surface area (Å²) in [6, 6.07) is 15.1. The number of imide groups is 1. The number of hydrogen-bond donors (Lipinski definition) is 1. The van der Waals surface area contributed by atoms with Crippen molar-refractivity contribution in [2.45, 2.75) is 38.8 Å².